The van der Waals surface area contributed by atoms with Crippen molar-refractivity contribution in [3.8, 4) is 5.75 Å². The third kappa shape index (κ3) is 3.89. The molecule has 0 saturated heterocycles. The molecule has 0 fully saturated rings. The van der Waals surface area contributed by atoms with Gasteiger partial charge in [-0.2, -0.15) is 0 Å². The van der Waals surface area contributed by atoms with Gasteiger partial charge in [-0.05, 0) is 50.9 Å². The Bertz CT molecular complexity index is 1110. The van der Waals surface area contributed by atoms with E-state index in [1.165, 1.54) is 0 Å². The van der Waals surface area contributed by atoms with E-state index in [0.29, 0.717) is 12.2 Å². The number of allylic oxidation sites excluding steroid dienone is 1. The van der Waals surface area contributed by atoms with Crippen LogP contribution in [0.25, 0.3) is 5.57 Å². The van der Waals surface area contributed by atoms with Crippen LogP contribution in [0.15, 0.2) is 72.0 Å². The number of nitrogens with zero attached hydrogens (tertiary/aromatic N) is 2. The van der Waals surface area contributed by atoms with Gasteiger partial charge in [0, 0.05) is 48.6 Å². The molecular formula is C26H28N2O3. The molecule has 31 heavy (non-hydrogen) atoms. The number of likely N-dealkylation sites (N-methyl/N-ethyl adjacent to an activating group) is 1. The van der Waals surface area contributed by atoms with Crippen LogP contribution >= 0.6 is 0 Å². The molecule has 1 atom stereocenters. The monoisotopic (exact) mass is 416 g/mol. The molecule has 2 aliphatic rings. The molecule has 5 nitrogen and oxygen atoms in total. The SMILES string of the molecule is CCOC(=O)c1ccccc1C1=C2C=CC(N(C)C)C=C2Oc2cc(N(C)C)ccc21. The molecule has 0 N–H and O–H groups in total. The van der Waals surface area contributed by atoms with E-state index >= 15 is 0 Å². The predicted octanol–water partition coefficient (Wildman–Crippen LogP) is 4.51. The lowest BCUT2D eigenvalue weighted by atomic mass is 9.85. The van der Waals surface area contributed by atoms with E-state index < -0.39 is 0 Å². The summed E-state index contributed by atoms with van der Waals surface area (Å²) in [6.45, 7) is 2.15. The number of esters is 1. The molecule has 0 spiro atoms. The van der Waals surface area contributed by atoms with Gasteiger partial charge in [0.25, 0.3) is 0 Å². The van der Waals surface area contributed by atoms with Crippen molar-refractivity contribution in [2.75, 3.05) is 39.7 Å². The first-order valence-corrected chi connectivity index (χ1v) is 10.5. The molecule has 0 bridgehead atoms. The molecule has 1 aliphatic heterocycles. The summed E-state index contributed by atoms with van der Waals surface area (Å²) in [5.74, 6) is 1.27. The quantitative estimate of drug-likeness (QED) is 0.671. The Kier molecular flexibility index (Phi) is 5.70. The van der Waals surface area contributed by atoms with Gasteiger partial charge < -0.3 is 14.4 Å². The minimum Gasteiger partial charge on any atom is -0.462 e. The second-order valence-corrected chi connectivity index (χ2v) is 8.08. The number of fused-ring (bicyclic) bond motifs is 2. The molecule has 1 aliphatic carbocycles. The van der Waals surface area contributed by atoms with Gasteiger partial charge in [0.2, 0.25) is 0 Å². The number of hydrogen-bond donors (Lipinski definition) is 0. The number of carbonyl (C=O) groups is 1. The van der Waals surface area contributed by atoms with Gasteiger partial charge >= 0.3 is 5.97 Å². The zero-order valence-electron chi connectivity index (χ0n) is 18.7. The molecule has 2 aromatic rings. The molecular weight excluding hydrogens is 388 g/mol. The molecule has 0 saturated carbocycles. The lowest BCUT2D eigenvalue weighted by Gasteiger charge is -2.31. The predicted molar refractivity (Wildman–Crippen MR) is 125 cm³/mol. The van der Waals surface area contributed by atoms with E-state index in [1.54, 1.807) is 0 Å². The van der Waals surface area contributed by atoms with Gasteiger partial charge in [0.15, 0.2) is 0 Å². The zero-order valence-corrected chi connectivity index (χ0v) is 18.7. The third-order valence-corrected chi connectivity index (χ3v) is 5.58. The van der Waals surface area contributed by atoms with E-state index in [4.69, 9.17) is 9.47 Å². The van der Waals surface area contributed by atoms with Gasteiger partial charge in [-0.3, -0.25) is 4.90 Å². The van der Waals surface area contributed by atoms with Gasteiger partial charge in [-0.15, -0.1) is 0 Å². The normalized spacial score (nSPS) is 17.0. The first-order valence-electron chi connectivity index (χ1n) is 10.5. The summed E-state index contributed by atoms with van der Waals surface area (Å²) < 4.78 is 11.7. The standard InChI is InChI=1S/C26H28N2O3/c1-6-30-26(29)20-10-8-7-9-19(20)25-21-13-11-17(27(2)3)15-23(21)31-24-16-18(28(4)5)12-14-22(24)25/h7-17H,6H2,1-5H3. The van der Waals surface area contributed by atoms with Crippen LogP contribution < -0.4 is 9.64 Å². The van der Waals surface area contributed by atoms with Crippen LogP contribution in [0.2, 0.25) is 0 Å². The van der Waals surface area contributed by atoms with Crippen molar-refractivity contribution in [3.63, 3.8) is 0 Å². The smallest absolute Gasteiger partial charge is 0.338 e. The fraction of sp³-hybridized carbons (Fsp3) is 0.269. The van der Waals surface area contributed by atoms with E-state index in [0.717, 1.165) is 39.5 Å². The highest BCUT2D eigenvalue weighted by atomic mass is 16.5. The fourth-order valence-corrected chi connectivity index (χ4v) is 3.92. The van der Waals surface area contributed by atoms with Crippen molar-refractivity contribution >= 4 is 17.2 Å². The Morgan fingerprint density at radius 3 is 2.55 bits per heavy atom. The van der Waals surface area contributed by atoms with Crippen LogP contribution in [0.5, 0.6) is 5.75 Å². The summed E-state index contributed by atoms with van der Waals surface area (Å²) in [7, 11) is 8.10. The highest BCUT2D eigenvalue weighted by Crippen LogP contribution is 2.45. The van der Waals surface area contributed by atoms with Gasteiger partial charge in [-0.25, -0.2) is 4.79 Å². The summed E-state index contributed by atoms with van der Waals surface area (Å²) in [5.41, 5.74) is 5.37. The molecule has 2 aromatic carbocycles. The maximum Gasteiger partial charge on any atom is 0.338 e. The minimum absolute atomic E-state index is 0.138. The van der Waals surface area contributed by atoms with E-state index in [-0.39, 0.29) is 12.0 Å². The summed E-state index contributed by atoms with van der Waals surface area (Å²) in [5, 5.41) is 0. The Morgan fingerprint density at radius 2 is 1.84 bits per heavy atom. The molecule has 160 valence electrons. The van der Waals surface area contributed by atoms with Crippen LogP contribution in [-0.4, -0.2) is 51.7 Å². The maximum atomic E-state index is 12.7. The van der Waals surface area contributed by atoms with E-state index in [9.17, 15) is 4.79 Å². The Morgan fingerprint density at radius 1 is 1.06 bits per heavy atom. The molecule has 4 rings (SSSR count). The molecule has 0 radical (unpaired) electrons. The van der Waals surface area contributed by atoms with E-state index in [2.05, 4.69) is 35.3 Å². The minimum atomic E-state index is -0.319. The van der Waals surface area contributed by atoms with Gasteiger partial charge in [0.1, 0.15) is 11.5 Å². The van der Waals surface area contributed by atoms with Crippen LogP contribution in [0.1, 0.15) is 28.4 Å². The third-order valence-electron chi connectivity index (χ3n) is 5.58. The fourth-order valence-electron chi connectivity index (χ4n) is 3.92. The molecule has 0 amide bonds. The Balaban J connectivity index is 1.96. The highest BCUT2D eigenvalue weighted by Gasteiger charge is 2.30. The largest absolute Gasteiger partial charge is 0.462 e. The van der Waals surface area contributed by atoms with Crippen molar-refractivity contribution in [2.45, 2.75) is 13.0 Å². The number of hydrogen-bond acceptors (Lipinski definition) is 5. The molecule has 1 heterocycles. The number of rotatable bonds is 5. The summed E-state index contributed by atoms with van der Waals surface area (Å²) in [4.78, 5) is 16.9. The maximum absolute atomic E-state index is 12.7. The van der Waals surface area contributed by atoms with Crippen LogP contribution in [0, 0.1) is 0 Å². The molecule has 1 unspecified atom stereocenters. The first kappa shape index (κ1) is 20.9. The van der Waals surface area contributed by atoms with Crippen LogP contribution in [0.3, 0.4) is 0 Å². The van der Waals surface area contributed by atoms with Crippen molar-refractivity contribution in [1.29, 1.82) is 0 Å². The van der Waals surface area contributed by atoms with Crippen molar-refractivity contribution < 1.29 is 14.3 Å². The average Bonchev–Trinajstić information content (AvgIpc) is 2.76. The zero-order chi connectivity index (χ0) is 22.1. The number of benzene rings is 2. The summed E-state index contributed by atoms with van der Waals surface area (Å²) in [6, 6.07) is 13.9. The van der Waals surface area contributed by atoms with E-state index in [1.807, 2.05) is 70.3 Å². The molecule has 5 heteroatoms. The number of carbonyl (C=O) groups excluding carboxylic acids is 1. The second kappa shape index (κ2) is 8.44. The van der Waals surface area contributed by atoms with Gasteiger partial charge in [0.05, 0.1) is 12.2 Å². The van der Waals surface area contributed by atoms with Crippen LogP contribution in [0.4, 0.5) is 5.69 Å². The molecule has 0 aromatic heterocycles. The van der Waals surface area contributed by atoms with Crippen molar-refractivity contribution in [3.05, 3.63) is 88.7 Å². The lowest BCUT2D eigenvalue weighted by molar-refractivity contribution is 0.0526. The van der Waals surface area contributed by atoms with Crippen molar-refractivity contribution in [1.82, 2.24) is 4.90 Å². The number of anilines is 1. The van der Waals surface area contributed by atoms with Crippen LogP contribution in [-0.2, 0) is 4.74 Å². The number of ether oxygens (including phenoxy) is 2. The van der Waals surface area contributed by atoms with Gasteiger partial charge in [-0.1, -0.05) is 30.4 Å². The van der Waals surface area contributed by atoms with Crippen molar-refractivity contribution in [2.24, 2.45) is 0 Å². The lowest BCUT2D eigenvalue weighted by Crippen LogP contribution is -2.27. The Labute approximate surface area is 183 Å². The topological polar surface area (TPSA) is 42.0 Å². The summed E-state index contributed by atoms with van der Waals surface area (Å²) >= 11 is 0. The second-order valence-electron chi connectivity index (χ2n) is 8.08. The summed E-state index contributed by atoms with van der Waals surface area (Å²) in [6.07, 6.45) is 6.36. The average molecular weight is 417 g/mol. The highest BCUT2D eigenvalue weighted by molar-refractivity contribution is 6.01. The Hall–Kier alpha value is -3.31. The first-order chi connectivity index (χ1) is 14.9.